The van der Waals surface area contributed by atoms with Gasteiger partial charge in [-0.1, -0.05) is 29.8 Å². The highest BCUT2D eigenvalue weighted by atomic mass is 127. The van der Waals surface area contributed by atoms with E-state index in [4.69, 9.17) is 0 Å². The number of nitrogens with one attached hydrogen (secondary N) is 1. The van der Waals surface area contributed by atoms with E-state index in [0.29, 0.717) is 6.54 Å². The summed E-state index contributed by atoms with van der Waals surface area (Å²) >= 11 is 0. The smallest absolute Gasteiger partial charge is 0.194 e. The topological polar surface area (TPSA) is 58.3 Å². The lowest BCUT2D eigenvalue weighted by atomic mass is 10.1. The van der Waals surface area contributed by atoms with Gasteiger partial charge < -0.3 is 14.8 Å². The van der Waals surface area contributed by atoms with Crippen molar-refractivity contribution < 1.29 is 0 Å². The van der Waals surface area contributed by atoms with Gasteiger partial charge in [0.15, 0.2) is 11.8 Å². The van der Waals surface area contributed by atoms with Crippen molar-refractivity contribution in [2.24, 2.45) is 12.0 Å². The number of benzene rings is 1. The molecule has 6 nitrogen and oxygen atoms in total. The lowest BCUT2D eigenvalue weighted by Gasteiger charge is -2.22. The zero-order valence-corrected chi connectivity index (χ0v) is 16.5. The molecule has 23 heavy (non-hydrogen) atoms. The number of nitrogens with zero attached hydrogens (tertiary/aromatic N) is 5. The molecule has 0 amide bonds. The first-order valence-corrected chi connectivity index (χ1v) is 7.48. The summed E-state index contributed by atoms with van der Waals surface area (Å²) < 4.78 is 1.88. The van der Waals surface area contributed by atoms with Gasteiger partial charge in [-0.25, -0.2) is 4.99 Å². The van der Waals surface area contributed by atoms with Crippen molar-refractivity contribution in [2.75, 3.05) is 13.6 Å². The molecular weight excluding hydrogens is 403 g/mol. The van der Waals surface area contributed by atoms with Crippen molar-refractivity contribution in [3.8, 4) is 0 Å². The molecule has 2 aromatic rings. The Labute approximate surface area is 155 Å². The molecule has 0 radical (unpaired) electrons. The second-order valence-electron chi connectivity index (χ2n) is 5.37. The summed E-state index contributed by atoms with van der Waals surface area (Å²) in [5, 5.41) is 11.3. The van der Waals surface area contributed by atoms with Gasteiger partial charge in [0.2, 0.25) is 0 Å². The Morgan fingerprint density at radius 3 is 2.57 bits per heavy atom. The van der Waals surface area contributed by atoms with E-state index in [0.717, 1.165) is 24.9 Å². The summed E-state index contributed by atoms with van der Waals surface area (Å²) in [6, 6.07) is 8.57. The van der Waals surface area contributed by atoms with E-state index in [1.807, 2.05) is 18.7 Å². The van der Waals surface area contributed by atoms with Crippen LogP contribution >= 0.6 is 24.0 Å². The predicted molar refractivity (Wildman–Crippen MR) is 104 cm³/mol. The SMILES string of the molecule is CCNC(=NCc1nncn1C)N(C)Cc1ccc(C)cc1.I. The largest absolute Gasteiger partial charge is 0.357 e. The average Bonchev–Trinajstić information content (AvgIpc) is 2.91. The van der Waals surface area contributed by atoms with E-state index in [1.165, 1.54) is 11.1 Å². The highest BCUT2D eigenvalue weighted by Crippen LogP contribution is 2.06. The molecule has 2 rings (SSSR count). The van der Waals surface area contributed by atoms with Crippen LogP contribution in [0.15, 0.2) is 35.6 Å². The number of guanidine groups is 1. The third-order valence-electron chi connectivity index (χ3n) is 3.41. The molecule has 0 saturated carbocycles. The first-order valence-electron chi connectivity index (χ1n) is 7.48. The van der Waals surface area contributed by atoms with Gasteiger partial charge in [-0.2, -0.15) is 0 Å². The fraction of sp³-hybridized carbons (Fsp3) is 0.438. The number of rotatable bonds is 5. The molecule has 0 aliphatic heterocycles. The summed E-state index contributed by atoms with van der Waals surface area (Å²) in [7, 11) is 3.96. The van der Waals surface area contributed by atoms with Crippen LogP contribution in [0.3, 0.4) is 0 Å². The standard InChI is InChI=1S/C16H24N6.HI/c1-5-17-16(18-10-15-20-19-12-22(15)4)21(3)11-14-8-6-13(2)7-9-14;/h6-9,12H,5,10-11H2,1-4H3,(H,17,18);1H. The van der Waals surface area contributed by atoms with Crippen molar-refractivity contribution >= 4 is 29.9 Å². The molecule has 0 atom stereocenters. The van der Waals surface area contributed by atoms with Crippen LogP contribution in [-0.4, -0.2) is 39.2 Å². The van der Waals surface area contributed by atoms with E-state index >= 15 is 0 Å². The maximum atomic E-state index is 4.64. The van der Waals surface area contributed by atoms with Gasteiger partial charge in [0.1, 0.15) is 12.9 Å². The predicted octanol–water partition coefficient (Wildman–Crippen LogP) is 2.34. The minimum absolute atomic E-state index is 0. The van der Waals surface area contributed by atoms with E-state index in [1.54, 1.807) is 6.33 Å². The van der Waals surface area contributed by atoms with E-state index in [9.17, 15) is 0 Å². The molecule has 0 unspecified atom stereocenters. The van der Waals surface area contributed by atoms with E-state index in [-0.39, 0.29) is 24.0 Å². The van der Waals surface area contributed by atoms with E-state index < -0.39 is 0 Å². The normalized spacial score (nSPS) is 11.0. The van der Waals surface area contributed by atoms with Crippen LogP contribution in [0.5, 0.6) is 0 Å². The Hall–Kier alpha value is -1.64. The Balaban J connectivity index is 0.00000264. The van der Waals surface area contributed by atoms with Gasteiger partial charge in [0, 0.05) is 27.2 Å². The molecule has 126 valence electrons. The number of aliphatic imine (C=N–C) groups is 1. The minimum Gasteiger partial charge on any atom is -0.357 e. The number of aryl methyl sites for hydroxylation is 2. The summed E-state index contributed by atoms with van der Waals surface area (Å²) in [5.41, 5.74) is 2.53. The molecular formula is C16H25IN6. The molecule has 1 aromatic heterocycles. The van der Waals surface area contributed by atoms with Crippen molar-refractivity contribution in [3.63, 3.8) is 0 Å². The Morgan fingerprint density at radius 2 is 2.00 bits per heavy atom. The number of aromatic nitrogens is 3. The highest BCUT2D eigenvalue weighted by molar-refractivity contribution is 14.0. The van der Waals surface area contributed by atoms with Crippen LogP contribution < -0.4 is 5.32 Å². The molecule has 0 aliphatic carbocycles. The van der Waals surface area contributed by atoms with Crippen LogP contribution in [-0.2, 0) is 20.1 Å². The summed E-state index contributed by atoms with van der Waals surface area (Å²) in [4.78, 5) is 6.75. The molecule has 0 spiro atoms. The maximum absolute atomic E-state index is 4.64. The second-order valence-corrected chi connectivity index (χ2v) is 5.37. The fourth-order valence-electron chi connectivity index (χ4n) is 2.11. The second kappa shape index (κ2) is 9.49. The minimum atomic E-state index is 0. The lowest BCUT2D eigenvalue weighted by molar-refractivity contribution is 0.476. The van der Waals surface area contributed by atoms with Crippen molar-refractivity contribution in [1.29, 1.82) is 0 Å². The molecule has 0 aliphatic rings. The zero-order valence-electron chi connectivity index (χ0n) is 14.2. The molecule has 0 fully saturated rings. The monoisotopic (exact) mass is 428 g/mol. The third-order valence-corrected chi connectivity index (χ3v) is 3.41. The van der Waals surface area contributed by atoms with Crippen LogP contribution in [0.25, 0.3) is 0 Å². The van der Waals surface area contributed by atoms with Gasteiger partial charge in [-0.05, 0) is 19.4 Å². The van der Waals surface area contributed by atoms with Crippen molar-refractivity contribution in [2.45, 2.75) is 26.9 Å². The van der Waals surface area contributed by atoms with Gasteiger partial charge >= 0.3 is 0 Å². The van der Waals surface area contributed by atoms with Crippen molar-refractivity contribution in [1.82, 2.24) is 25.0 Å². The third kappa shape index (κ3) is 5.81. The summed E-state index contributed by atoms with van der Waals surface area (Å²) in [6.45, 7) is 6.31. The average molecular weight is 428 g/mol. The molecule has 1 aromatic carbocycles. The van der Waals surface area contributed by atoms with Gasteiger partial charge in [0.25, 0.3) is 0 Å². The van der Waals surface area contributed by atoms with Gasteiger partial charge in [-0.15, -0.1) is 34.2 Å². The van der Waals surface area contributed by atoms with Crippen LogP contribution in [0.1, 0.15) is 23.9 Å². The molecule has 7 heteroatoms. The lowest BCUT2D eigenvalue weighted by Crippen LogP contribution is -2.38. The molecule has 0 saturated heterocycles. The summed E-state index contributed by atoms with van der Waals surface area (Å²) in [6.07, 6.45) is 1.69. The molecule has 0 bridgehead atoms. The first-order chi connectivity index (χ1) is 10.6. The number of halogens is 1. The van der Waals surface area contributed by atoms with E-state index in [2.05, 4.69) is 63.5 Å². The van der Waals surface area contributed by atoms with Crippen LogP contribution in [0, 0.1) is 6.92 Å². The Morgan fingerprint density at radius 1 is 1.30 bits per heavy atom. The van der Waals surface area contributed by atoms with Crippen molar-refractivity contribution in [3.05, 3.63) is 47.5 Å². The Bertz CT molecular complexity index is 620. The zero-order chi connectivity index (χ0) is 15.9. The number of hydrogen-bond acceptors (Lipinski definition) is 3. The maximum Gasteiger partial charge on any atom is 0.194 e. The molecule has 1 N–H and O–H groups in total. The van der Waals surface area contributed by atoms with Crippen LogP contribution in [0.2, 0.25) is 0 Å². The fourth-order valence-corrected chi connectivity index (χ4v) is 2.11. The first kappa shape index (κ1) is 19.4. The molecule has 1 heterocycles. The quantitative estimate of drug-likeness (QED) is 0.451. The highest BCUT2D eigenvalue weighted by Gasteiger charge is 2.07. The summed E-state index contributed by atoms with van der Waals surface area (Å²) in [5.74, 6) is 1.71. The van der Waals surface area contributed by atoms with Crippen LogP contribution in [0.4, 0.5) is 0 Å². The number of hydrogen-bond donors (Lipinski definition) is 1. The Kier molecular flexibility index (Phi) is 8.01. The van der Waals surface area contributed by atoms with Gasteiger partial charge in [-0.3, -0.25) is 0 Å². The van der Waals surface area contributed by atoms with Gasteiger partial charge in [0.05, 0.1) is 0 Å².